The molecule has 0 unspecified atom stereocenters. The molecule has 2 aromatic rings. The van der Waals surface area contributed by atoms with Crippen LogP contribution in [0.1, 0.15) is 62.9 Å². The number of hydrogen-bond donors (Lipinski definition) is 2. The fraction of sp³-hybridized carbons (Fsp3) is 0.577. The molecule has 0 saturated heterocycles. The van der Waals surface area contributed by atoms with E-state index in [0.29, 0.717) is 17.8 Å². The van der Waals surface area contributed by atoms with Crippen molar-refractivity contribution in [2.24, 2.45) is 28.6 Å². The van der Waals surface area contributed by atoms with Crippen molar-refractivity contribution < 1.29 is 9.50 Å². The van der Waals surface area contributed by atoms with Crippen molar-refractivity contribution in [2.75, 3.05) is 5.32 Å². The minimum atomic E-state index is -0.235. The average molecular weight is 439 g/mol. The molecule has 0 spiro atoms. The highest BCUT2D eigenvalue weighted by Crippen LogP contribution is 2.66. The summed E-state index contributed by atoms with van der Waals surface area (Å²) in [7, 11) is 0. The van der Waals surface area contributed by atoms with Gasteiger partial charge in [0.15, 0.2) is 5.13 Å². The van der Waals surface area contributed by atoms with E-state index in [4.69, 9.17) is 4.98 Å². The minimum Gasteiger partial charge on any atom is -0.393 e. The molecule has 1 heterocycles. The molecule has 2 fully saturated rings. The second-order valence-electron chi connectivity index (χ2n) is 10.7. The molecule has 4 aliphatic rings. The maximum Gasteiger partial charge on any atom is 0.187 e. The van der Waals surface area contributed by atoms with E-state index in [1.165, 1.54) is 41.1 Å². The number of aliphatic hydroxyl groups is 1. The zero-order valence-electron chi connectivity index (χ0n) is 18.3. The lowest BCUT2D eigenvalue weighted by Crippen LogP contribution is -2.50. The topological polar surface area (TPSA) is 45.2 Å². The van der Waals surface area contributed by atoms with E-state index >= 15 is 0 Å². The Labute approximate surface area is 187 Å². The number of aromatic nitrogens is 1. The number of hydrogen-bond acceptors (Lipinski definition) is 4. The van der Waals surface area contributed by atoms with Gasteiger partial charge < -0.3 is 10.4 Å². The van der Waals surface area contributed by atoms with Gasteiger partial charge in [0.25, 0.3) is 0 Å². The zero-order valence-corrected chi connectivity index (χ0v) is 19.1. The summed E-state index contributed by atoms with van der Waals surface area (Å²) in [5.74, 6) is 1.82. The predicted octanol–water partition coefficient (Wildman–Crippen LogP) is 6.57. The molecular formula is C26H31FN2OS. The molecular weight excluding hydrogens is 407 g/mol. The van der Waals surface area contributed by atoms with Crippen LogP contribution in [0.5, 0.6) is 0 Å². The fourth-order valence-corrected chi connectivity index (χ4v) is 8.80. The van der Waals surface area contributed by atoms with Gasteiger partial charge in [-0.15, -0.1) is 0 Å². The summed E-state index contributed by atoms with van der Waals surface area (Å²) in [5.41, 5.74) is 3.77. The Kier molecular flexibility index (Phi) is 4.43. The highest BCUT2D eigenvalue weighted by atomic mass is 32.1. The fourth-order valence-electron chi connectivity index (χ4n) is 7.59. The summed E-state index contributed by atoms with van der Waals surface area (Å²) in [5, 5.41) is 14.9. The first kappa shape index (κ1) is 19.9. The Morgan fingerprint density at radius 1 is 1.16 bits per heavy atom. The first-order valence-electron chi connectivity index (χ1n) is 11.8. The SMILES string of the molecule is C[C@]12CC[C@H]3[C@@H](CC=C4c5sc(Nc6cccc(F)c6)nc5CC[C@@]43C)[C@@H]1CC[C@@H]2O. The van der Waals surface area contributed by atoms with Gasteiger partial charge in [-0.05, 0) is 97.3 Å². The predicted molar refractivity (Wildman–Crippen MR) is 124 cm³/mol. The van der Waals surface area contributed by atoms with Gasteiger partial charge in [0.2, 0.25) is 0 Å². The van der Waals surface area contributed by atoms with Crippen molar-refractivity contribution in [1.29, 1.82) is 0 Å². The summed E-state index contributed by atoms with van der Waals surface area (Å²) in [6.07, 6.45) is 10.2. The van der Waals surface area contributed by atoms with Crippen LogP contribution in [0.2, 0.25) is 0 Å². The van der Waals surface area contributed by atoms with Crippen LogP contribution in [0.4, 0.5) is 15.2 Å². The average Bonchev–Trinajstić information content (AvgIpc) is 3.28. The van der Waals surface area contributed by atoms with Crippen LogP contribution < -0.4 is 5.32 Å². The third-order valence-electron chi connectivity index (χ3n) is 9.31. The number of anilines is 2. The molecule has 2 saturated carbocycles. The summed E-state index contributed by atoms with van der Waals surface area (Å²) >= 11 is 1.73. The number of nitrogens with zero attached hydrogens (tertiary/aromatic N) is 1. The molecule has 6 atom stereocenters. The number of halogens is 1. The van der Waals surface area contributed by atoms with Crippen molar-refractivity contribution in [3.8, 4) is 0 Å². The van der Waals surface area contributed by atoms with Gasteiger partial charge in [0.1, 0.15) is 5.82 Å². The molecule has 6 rings (SSSR count). The Balaban J connectivity index is 1.33. The second-order valence-corrected chi connectivity index (χ2v) is 11.7. The third-order valence-corrected chi connectivity index (χ3v) is 10.4. The number of rotatable bonds is 2. The second kappa shape index (κ2) is 6.89. The minimum absolute atomic E-state index is 0.118. The third kappa shape index (κ3) is 2.88. The van der Waals surface area contributed by atoms with Crippen molar-refractivity contribution in [1.82, 2.24) is 4.98 Å². The first-order valence-corrected chi connectivity index (χ1v) is 12.6. The molecule has 31 heavy (non-hydrogen) atoms. The van der Waals surface area contributed by atoms with E-state index in [1.54, 1.807) is 17.4 Å². The number of aryl methyl sites for hydroxylation is 1. The number of aliphatic hydroxyl groups excluding tert-OH is 1. The molecule has 0 radical (unpaired) electrons. The molecule has 0 amide bonds. The van der Waals surface area contributed by atoms with Crippen LogP contribution in [-0.2, 0) is 6.42 Å². The van der Waals surface area contributed by atoms with Crippen LogP contribution in [0.15, 0.2) is 30.3 Å². The van der Waals surface area contributed by atoms with Gasteiger partial charge in [0, 0.05) is 5.69 Å². The Hall–Kier alpha value is -1.72. The number of fused-ring (bicyclic) bond motifs is 7. The Bertz CT molecular complexity index is 1060. The van der Waals surface area contributed by atoms with Gasteiger partial charge >= 0.3 is 0 Å². The van der Waals surface area contributed by atoms with Crippen LogP contribution >= 0.6 is 11.3 Å². The van der Waals surface area contributed by atoms with Gasteiger partial charge in [-0.2, -0.15) is 0 Å². The van der Waals surface area contributed by atoms with Crippen LogP contribution in [0, 0.1) is 34.4 Å². The normalized spacial score (nSPS) is 38.5. The van der Waals surface area contributed by atoms with Gasteiger partial charge in [-0.1, -0.05) is 37.3 Å². The molecule has 0 bridgehead atoms. The molecule has 1 aromatic heterocycles. The van der Waals surface area contributed by atoms with Crippen molar-refractivity contribution in [3.63, 3.8) is 0 Å². The summed E-state index contributed by atoms with van der Waals surface area (Å²) in [4.78, 5) is 6.23. The molecule has 4 aliphatic carbocycles. The van der Waals surface area contributed by atoms with Crippen LogP contribution in [-0.4, -0.2) is 16.2 Å². The van der Waals surface area contributed by atoms with E-state index in [-0.39, 0.29) is 22.8 Å². The summed E-state index contributed by atoms with van der Waals surface area (Å²) < 4.78 is 13.6. The van der Waals surface area contributed by atoms with Crippen molar-refractivity contribution in [2.45, 2.75) is 64.9 Å². The molecule has 1 aromatic carbocycles. The Morgan fingerprint density at radius 3 is 2.87 bits per heavy atom. The zero-order chi connectivity index (χ0) is 21.4. The monoisotopic (exact) mass is 438 g/mol. The van der Waals surface area contributed by atoms with E-state index in [0.717, 1.165) is 42.9 Å². The first-order chi connectivity index (χ1) is 14.9. The smallest absolute Gasteiger partial charge is 0.187 e. The molecule has 5 heteroatoms. The largest absolute Gasteiger partial charge is 0.393 e. The Morgan fingerprint density at radius 2 is 2.03 bits per heavy atom. The van der Waals surface area contributed by atoms with E-state index in [1.807, 2.05) is 6.07 Å². The maximum atomic E-state index is 13.6. The number of thiazole rings is 1. The van der Waals surface area contributed by atoms with Gasteiger partial charge in [-0.25, -0.2) is 9.37 Å². The standard InChI is InChI=1S/C26H31FN2OS/c1-25-13-11-21-23(31-24(29-21)28-16-5-3-4-15(27)14-16)20(25)7-6-17-18-8-9-22(30)26(18,2)12-10-19(17)25/h3-5,7,14,17-19,22,30H,6,8-13H2,1-2H3,(H,28,29)/t17-,18-,19-,22-,25+,26-/m0/s1. The van der Waals surface area contributed by atoms with Gasteiger partial charge in [0.05, 0.1) is 16.7 Å². The highest BCUT2D eigenvalue weighted by Gasteiger charge is 2.58. The highest BCUT2D eigenvalue weighted by molar-refractivity contribution is 7.16. The van der Waals surface area contributed by atoms with Crippen molar-refractivity contribution >= 4 is 27.7 Å². The lowest BCUT2D eigenvalue weighted by Gasteiger charge is -2.56. The summed E-state index contributed by atoms with van der Waals surface area (Å²) in [6.45, 7) is 4.84. The maximum absolute atomic E-state index is 13.6. The van der Waals surface area contributed by atoms with E-state index < -0.39 is 0 Å². The van der Waals surface area contributed by atoms with E-state index in [9.17, 15) is 9.50 Å². The molecule has 164 valence electrons. The quantitative estimate of drug-likeness (QED) is 0.557. The van der Waals surface area contributed by atoms with Crippen LogP contribution in [0.25, 0.3) is 5.57 Å². The summed E-state index contributed by atoms with van der Waals surface area (Å²) in [6, 6.07) is 6.59. The molecule has 3 nitrogen and oxygen atoms in total. The van der Waals surface area contributed by atoms with Gasteiger partial charge in [-0.3, -0.25) is 0 Å². The number of allylic oxidation sites excluding steroid dienone is 2. The van der Waals surface area contributed by atoms with Crippen LogP contribution in [0.3, 0.4) is 0 Å². The van der Waals surface area contributed by atoms with E-state index in [2.05, 4.69) is 25.2 Å². The lowest BCUT2D eigenvalue weighted by molar-refractivity contribution is -0.0579. The lowest BCUT2D eigenvalue weighted by atomic mass is 9.48. The molecule has 0 aliphatic heterocycles. The molecule has 2 N–H and O–H groups in total. The van der Waals surface area contributed by atoms with Crippen molar-refractivity contribution in [3.05, 3.63) is 46.7 Å². The number of benzene rings is 1. The number of nitrogens with one attached hydrogen (secondary N) is 1.